The highest BCUT2D eigenvalue weighted by molar-refractivity contribution is 6.34. The van der Waals surface area contributed by atoms with Gasteiger partial charge in [0.15, 0.2) is 5.78 Å². The number of ketones is 1. The predicted molar refractivity (Wildman–Crippen MR) is 116 cm³/mol. The van der Waals surface area contributed by atoms with Crippen molar-refractivity contribution in [3.63, 3.8) is 0 Å². The Morgan fingerprint density at radius 3 is 2.48 bits per heavy atom. The summed E-state index contributed by atoms with van der Waals surface area (Å²) in [6.45, 7) is 1.65. The molecule has 0 spiro atoms. The number of amides is 1. The first-order valence-corrected chi connectivity index (χ1v) is 10.6. The normalized spacial score (nSPS) is 18.7. The van der Waals surface area contributed by atoms with Crippen molar-refractivity contribution < 1.29 is 27.2 Å². The molecule has 2 aliphatic rings. The van der Waals surface area contributed by atoms with Crippen molar-refractivity contribution in [3.8, 4) is 0 Å². The van der Waals surface area contributed by atoms with Crippen molar-refractivity contribution in [2.24, 2.45) is 0 Å². The number of hydrogen-bond donors (Lipinski definition) is 2. The molecule has 0 aromatic heterocycles. The number of carbonyl (C=O) groups is 2. The van der Waals surface area contributed by atoms with Gasteiger partial charge >= 0.3 is 6.18 Å². The molecular weight excluding hydrogens is 460 g/mol. The number of alkyl halides is 3. The summed E-state index contributed by atoms with van der Waals surface area (Å²) in [6, 6.07) is 8.10. The minimum Gasteiger partial charge on any atom is -0.362 e. The van der Waals surface area contributed by atoms with Crippen LogP contribution in [0.5, 0.6) is 0 Å². The highest BCUT2D eigenvalue weighted by Crippen LogP contribution is 2.43. The molecule has 33 heavy (non-hydrogen) atoms. The molecule has 0 fully saturated rings. The van der Waals surface area contributed by atoms with E-state index >= 15 is 0 Å². The van der Waals surface area contributed by atoms with E-state index in [1.165, 1.54) is 24.3 Å². The van der Waals surface area contributed by atoms with Crippen LogP contribution in [0.4, 0.5) is 23.2 Å². The van der Waals surface area contributed by atoms with Crippen LogP contribution in [0, 0.1) is 5.82 Å². The van der Waals surface area contributed by atoms with Crippen LogP contribution in [0.15, 0.2) is 65.0 Å². The van der Waals surface area contributed by atoms with Crippen molar-refractivity contribution in [2.75, 3.05) is 5.32 Å². The standard InChI is InChI=1S/C24H19ClF4N2O2/c1-12-20(23(33)31-18-11-14(24(27,28)29)7-10-16(18)25)21(13-5-8-15(26)9-6-13)22-17(30-12)3-2-4-19(22)32/h5-11,21,30H,2-4H2,1H3,(H,31,33)/t21-/m1/s1. The Labute approximate surface area is 192 Å². The van der Waals surface area contributed by atoms with Gasteiger partial charge in [-0.15, -0.1) is 0 Å². The Morgan fingerprint density at radius 2 is 1.82 bits per heavy atom. The molecule has 1 heterocycles. The van der Waals surface area contributed by atoms with E-state index in [-0.39, 0.29) is 22.1 Å². The zero-order valence-electron chi connectivity index (χ0n) is 17.4. The highest BCUT2D eigenvalue weighted by atomic mass is 35.5. The van der Waals surface area contributed by atoms with Crippen molar-refractivity contribution in [2.45, 2.75) is 38.3 Å². The molecule has 1 amide bonds. The van der Waals surface area contributed by atoms with Gasteiger partial charge in [0, 0.05) is 34.9 Å². The van der Waals surface area contributed by atoms with Crippen LogP contribution in [0.2, 0.25) is 5.02 Å². The van der Waals surface area contributed by atoms with E-state index in [4.69, 9.17) is 11.6 Å². The van der Waals surface area contributed by atoms with Crippen molar-refractivity contribution in [3.05, 3.63) is 87.0 Å². The average Bonchev–Trinajstić information content (AvgIpc) is 2.74. The first kappa shape index (κ1) is 23.0. The lowest BCUT2D eigenvalue weighted by Crippen LogP contribution is -2.35. The summed E-state index contributed by atoms with van der Waals surface area (Å²) in [5.74, 6) is -2.10. The molecular formula is C24H19ClF4N2O2. The Bertz CT molecular complexity index is 1200. The van der Waals surface area contributed by atoms with Crippen molar-refractivity contribution in [1.29, 1.82) is 0 Å². The third kappa shape index (κ3) is 4.53. The second-order valence-corrected chi connectivity index (χ2v) is 8.37. The van der Waals surface area contributed by atoms with E-state index in [9.17, 15) is 27.2 Å². The minimum atomic E-state index is -4.61. The van der Waals surface area contributed by atoms with Gasteiger partial charge in [0.2, 0.25) is 0 Å². The van der Waals surface area contributed by atoms with Crippen LogP contribution in [-0.4, -0.2) is 11.7 Å². The van der Waals surface area contributed by atoms with Gasteiger partial charge in [0.1, 0.15) is 5.82 Å². The lowest BCUT2D eigenvalue weighted by atomic mass is 9.75. The summed E-state index contributed by atoms with van der Waals surface area (Å²) < 4.78 is 53.0. The monoisotopic (exact) mass is 478 g/mol. The fourth-order valence-electron chi connectivity index (χ4n) is 4.26. The molecule has 2 aromatic carbocycles. The van der Waals surface area contributed by atoms with E-state index in [0.717, 1.165) is 18.2 Å². The van der Waals surface area contributed by atoms with E-state index < -0.39 is 29.4 Å². The predicted octanol–water partition coefficient (Wildman–Crippen LogP) is 6.10. The summed E-state index contributed by atoms with van der Waals surface area (Å²) in [4.78, 5) is 26.2. The summed E-state index contributed by atoms with van der Waals surface area (Å²) in [7, 11) is 0. The minimum absolute atomic E-state index is 0.0645. The molecule has 1 aliphatic carbocycles. The van der Waals surface area contributed by atoms with Crippen LogP contribution in [0.3, 0.4) is 0 Å². The van der Waals surface area contributed by atoms with Gasteiger partial charge in [0.05, 0.1) is 16.3 Å². The SMILES string of the molecule is CC1=C(C(=O)Nc2cc(C(F)(F)F)ccc2Cl)[C@@H](c2ccc(F)cc2)C2=C(CCCC2=O)N1. The number of benzene rings is 2. The van der Waals surface area contributed by atoms with E-state index in [1.54, 1.807) is 6.92 Å². The number of Topliss-reactive ketones (excluding diaryl/α,β-unsaturated/α-hetero) is 1. The molecule has 4 rings (SSSR count). The maximum atomic E-state index is 13.6. The highest BCUT2D eigenvalue weighted by Gasteiger charge is 2.39. The van der Waals surface area contributed by atoms with E-state index in [0.29, 0.717) is 41.8 Å². The van der Waals surface area contributed by atoms with Crippen LogP contribution in [-0.2, 0) is 15.8 Å². The zero-order chi connectivity index (χ0) is 23.9. The molecule has 0 unspecified atom stereocenters. The van der Waals surface area contributed by atoms with Crippen LogP contribution >= 0.6 is 11.6 Å². The first-order chi connectivity index (χ1) is 15.6. The van der Waals surface area contributed by atoms with Gasteiger partial charge in [0.25, 0.3) is 5.91 Å². The van der Waals surface area contributed by atoms with Crippen LogP contribution in [0.1, 0.15) is 43.2 Å². The van der Waals surface area contributed by atoms with Crippen molar-refractivity contribution in [1.82, 2.24) is 5.32 Å². The van der Waals surface area contributed by atoms with Gasteiger partial charge in [-0.2, -0.15) is 13.2 Å². The lowest BCUT2D eigenvalue weighted by molar-refractivity contribution is -0.137. The van der Waals surface area contributed by atoms with Crippen molar-refractivity contribution >= 4 is 29.0 Å². The van der Waals surface area contributed by atoms with Gasteiger partial charge in [-0.1, -0.05) is 23.7 Å². The van der Waals surface area contributed by atoms with E-state index in [1.807, 2.05) is 0 Å². The molecule has 1 aliphatic heterocycles. The number of carbonyl (C=O) groups excluding carboxylic acids is 2. The second kappa shape index (κ2) is 8.67. The third-order valence-corrected chi connectivity index (χ3v) is 6.10. The Morgan fingerprint density at radius 1 is 1.12 bits per heavy atom. The van der Waals surface area contributed by atoms with Gasteiger partial charge < -0.3 is 10.6 Å². The largest absolute Gasteiger partial charge is 0.416 e. The molecule has 4 nitrogen and oxygen atoms in total. The molecule has 1 atom stereocenters. The van der Waals surface area contributed by atoms with E-state index in [2.05, 4.69) is 10.6 Å². The molecule has 0 saturated carbocycles. The average molecular weight is 479 g/mol. The fourth-order valence-corrected chi connectivity index (χ4v) is 4.42. The third-order valence-electron chi connectivity index (χ3n) is 5.77. The Hall–Kier alpha value is -3.13. The molecule has 0 bridgehead atoms. The number of allylic oxidation sites excluding steroid dienone is 3. The molecule has 0 radical (unpaired) electrons. The zero-order valence-corrected chi connectivity index (χ0v) is 18.2. The van der Waals surface area contributed by atoms with Crippen LogP contribution in [0.25, 0.3) is 0 Å². The number of nitrogens with one attached hydrogen (secondary N) is 2. The number of halogens is 5. The lowest BCUT2D eigenvalue weighted by Gasteiger charge is -2.34. The second-order valence-electron chi connectivity index (χ2n) is 7.96. The summed E-state index contributed by atoms with van der Waals surface area (Å²) in [6.07, 6.45) is -3.03. The summed E-state index contributed by atoms with van der Waals surface area (Å²) in [5, 5.41) is 5.52. The molecule has 0 saturated heterocycles. The van der Waals surface area contributed by atoms with Gasteiger partial charge in [-0.3, -0.25) is 9.59 Å². The number of anilines is 1. The maximum Gasteiger partial charge on any atom is 0.416 e. The molecule has 2 aromatic rings. The topological polar surface area (TPSA) is 58.2 Å². The summed E-state index contributed by atoms with van der Waals surface area (Å²) >= 11 is 6.05. The number of rotatable bonds is 3. The van der Waals surface area contributed by atoms with Gasteiger partial charge in [-0.25, -0.2) is 4.39 Å². The van der Waals surface area contributed by atoms with Crippen LogP contribution < -0.4 is 10.6 Å². The maximum absolute atomic E-state index is 13.6. The quantitative estimate of drug-likeness (QED) is 0.524. The molecule has 2 N–H and O–H groups in total. The number of dihydropyridines is 1. The summed E-state index contributed by atoms with van der Waals surface area (Å²) in [5.41, 5.74) is 1.09. The first-order valence-electron chi connectivity index (χ1n) is 10.2. The van der Waals surface area contributed by atoms with Gasteiger partial charge in [-0.05, 0) is 55.7 Å². The molecule has 172 valence electrons. The smallest absolute Gasteiger partial charge is 0.362 e. The Kier molecular flexibility index (Phi) is 6.05. The molecule has 9 heteroatoms. The Balaban J connectivity index is 1.77. The number of hydrogen-bond acceptors (Lipinski definition) is 3. The fraction of sp³-hybridized carbons (Fsp3) is 0.250.